The molecule has 7 heteroatoms. The fourth-order valence-electron chi connectivity index (χ4n) is 2.91. The number of anilines is 1. The molecule has 0 aliphatic rings. The molecule has 2 rings (SSSR count). The van der Waals surface area contributed by atoms with Crippen LogP contribution in [0.1, 0.15) is 27.8 Å². The van der Waals surface area contributed by atoms with Gasteiger partial charge in [0.1, 0.15) is 0 Å². The molecule has 26 heavy (non-hydrogen) atoms. The molecule has 2 aromatic rings. The van der Waals surface area contributed by atoms with Gasteiger partial charge in [-0.25, -0.2) is 17.9 Å². The first-order valence-electron chi connectivity index (χ1n) is 8.30. The second-order valence-electron chi connectivity index (χ2n) is 6.37. The van der Waals surface area contributed by atoms with Crippen LogP contribution in [0, 0.1) is 27.7 Å². The smallest absolute Gasteiger partial charge is 0.319 e. The normalized spacial score (nSPS) is 11.3. The lowest BCUT2D eigenvalue weighted by molar-refractivity contribution is 0.251. The first-order chi connectivity index (χ1) is 12.1. The summed E-state index contributed by atoms with van der Waals surface area (Å²) < 4.78 is 26.4. The molecule has 140 valence electrons. The maximum Gasteiger partial charge on any atom is 0.319 e. The van der Waals surface area contributed by atoms with E-state index in [0.717, 1.165) is 16.7 Å². The van der Waals surface area contributed by atoms with E-state index in [-0.39, 0.29) is 10.9 Å². The molecule has 3 N–H and O–H groups in total. The van der Waals surface area contributed by atoms with E-state index < -0.39 is 10.0 Å². The predicted molar refractivity (Wildman–Crippen MR) is 104 cm³/mol. The average Bonchev–Trinajstić information content (AvgIpc) is 2.55. The number of nitrogens with one attached hydrogen (secondary N) is 3. The number of hydrogen-bond acceptors (Lipinski definition) is 3. The molecule has 6 nitrogen and oxygen atoms in total. The Labute approximate surface area is 155 Å². The van der Waals surface area contributed by atoms with E-state index in [1.165, 1.54) is 18.7 Å². The Hall–Kier alpha value is -2.38. The lowest BCUT2D eigenvalue weighted by atomic mass is 10.00. The summed E-state index contributed by atoms with van der Waals surface area (Å²) in [6.07, 6.45) is 0. The highest BCUT2D eigenvalue weighted by molar-refractivity contribution is 7.89. The SMILES string of the molecule is CNS(=O)(=O)c1cc(NC(=O)NCc2c(C)cc(C)cc2C)ccc1C. The summed E-state index contributed by atoms with van der Waals surface area (Å²) in [4.78, 5) is 12.3. The summed E-state index contributed by atoms with van der Waals surface area (Å²) >= 11 is 0. The van der Waals surface area contributed by atoms with Crippen molar-refractivity contribution in [2.75, 3.05) is 12.4 Å². The van der Waals surface area contributed by atoms with Crippen molar-refractivity contribution in [2.24, 2.45) is 0 Å². The minimum Gasteiger partial charge on any atom is -0.334 e. The van der Waals surface area contributed by atoms with Crippen LogP contribution in [0.3, 0.4) is 0 Å². The Kier molecular flexibility index (Phi) is 6.05. The number of carbonyl (C=O) groups excluding carboxylic acids is 1. The van der Waals surface area contributed by atoms with Crippen LogP contribution in [0.25, 0.3) is 0 Å². The maximum absolute atomic E-state index is 12.2. The predicted octanol–water partition coefficient (Wildman–Crippen LogP) is 3.15. The van der Waals surface area contributed by atoms with Crippen molar-refractivity contribution < 1.29 is 13.2 Å². The van der Waals surface area contributed by atoms with E-state index in [4.69, 9.17) is 0 Å². The minimum atomic E-state index is -3.58. The summed E-state index contributed by atoms with van der Waals surface area (Å²) in [6, 6.07) is 8.55. The largest absolute Gasteiger partial charge is 0.334 e. The van der Waals surface area contributed by atoms with Gasteiger partial charge in [0.2, 0.25) is 10.0 Å². The summed E-state index contributed by atoms with van der Waals surface area (Å²) in [5.41, 5.74) is 5.54. The molecule has 2 amide bonds. The molecule has 0 fully saturated rings. The second kappa shape index (κ2) is 7.88. The molecule has 0 aliphatic heterocycles. The highest BCUT2D eigenvalue weighted by atomic mass is 32.2. The van der Waals surface area contributed by atoms with Crippen molar-refractivity contribution in [1.29, 1.82) is 0 Å². The van der Waals surface area contributed by atoms with Gasteiger partial charge in [-0.15, -0.1) is 0 Å². The van der Waals surface area contributed by atoms with Gasteiger partial charge in [0.15, 0.2) is 0 Å². The standard InChI is InChI=1S/C19H25N3O3S/c1-12-8-14(3)17(15(4)9-12)11-21-19(23)22-16-7-6-13(2)18(10-16)26(24,25)20-5/h6-10,20H,11H2,1-5H3,(H2,21,22,23). The minimum absolute atomic E-state index is 0.142. The Bertz CT molecular complexity index is 914. The molecule has 0 aliphatic carbocycles. The number of hydrogen-bond donors (Lipinski definition) is 3. The summed E-state index contributed by atoms with van der Waals surface area (Å²) in [5.74, 6) is 0. The Morgan fingerprint density at radius 3 is 2.15 bits per heavy atom. The molecule has 0 heterocycles. The fraction of sp³-hybridized carbons (Fsp3) is 0.316. The summed E-state index contributed by atoms with van der Waals surface area (Å²) in [7, 11) is -2.22. The van der Waals surface area contributed by atoms with Gasteiger partial charge in [0.05, 0.1) is 4.90 Å². The van der Waals surface area contributed by atoms with E-state index >= 15 is 0 Å². The molecule has 0 atom stereocenters. The number of aryl methyl sites for hydroxylation is 4. The molecule has 0 saturated carbocycles. The van der Waals surface area contributed by atoms with Crippen molar-refractivity contribution >= 4 is 21.7 Å². The first-order valence-corrected chi connectivity index (χ1v) is 9.78. The van der Waals surface area contributed by atoms with Gasteiger partial charge in [0.25, 0.3) is 0 Å². The van der Waals surface area contributed by atoms with Gasteiger partial charge in [0, 0.05) is 12.2 Å². The lowest BCUT2D eigenvalue weighted by Gasteiger charge is -2.14. The topological polar surface area (TPSA) is 87.3 Å². The molecule has 0 saturated heterocycles. The number of sulfonamides is 1. The van der Waals surface area contributed by atoms with Gasteiger partial charge in [-0.2, -0.15) is 0 Å². The Morgan fingerprint density at radius 1 is 0.962 bits per heavy atom. The third-order valence-corrected chi connectivity index (χ3v) is 5.83. The lowest BCUT2D eigenvalue weighted by Crippen LogP contribution is -2.29. The van der Waals surface area contributed by atoms with Crippen LogP contribution in [-0.2, 0) is 16.6 Å². The van der Waals surface area contributed by atoms with Crippen LogP contribution in [0.4, 0.5) is 10.5 Å². The van der Waals surface area contributed by atoms with Gasteiger partial charge in [-0.1, -0.05) is 23.8 Å². The number of benzene rings is 2. The van der Waals surface area contributed by atoms with Gasteiger partial charge < -0.3 is 10.6 Å². The number of amides is 2. The molecule has 2 aromatic carbocycles. The fourth-order valence-corrected chi connectivity index (χ4v) is 3.90. The van der Waals surface area contributed by atoms with Crippen LogP contribution in [0.15, 0.2) is 35.2 Å². The maximum atomic E-state index is 12.2. The third-order valence-electron chi connectivity index (χ3n) is 4.27. The molecule has 0 unspecified atom stereocenters. The summed E-state index contributed by atoms with van der Waals surface area (Å²) in [5, 5.41) is 5.50. The molecular formula is C19H25N3O3S. The van der Waals surface area contributed by atoms with Crippen LogP contribution >= 0.6 is 0 Å². The average molecular weight is 375 g/mol. The first kappa shape index (κ1) is 19.9. The van der Waals surface area contributed by atoms with Gasteiger partial charge in [-0.05, 0) is 69.1 Å². The van der Waals surface area contributed by atoms with Crippen LogP contribution in [0.5, 0.6) is 0 Å². The molecule has 0 spiro atoms. The van der Waals surface area contributed by atoms with E-state index in [1.54, 1.807) is 19.1 Å². The molecule has 0 radical (unpaired) electrons. The van der Waals surface area contributed by atoms with Crippen molar-refractivity contribution in [3.63, 3.8) is 0 Å². The zero-order valence-electron chi connectivity index (χ0n) is 15.7. The van der Waals surface area contributed by atoms with Crippen molar-refractivity contribution in [2.45, 2.75) is 39.1 Å². The van der Waals surface area contributed by atoms with Crippen molar-refractivity contribution in [3.05, 3.63) is 58.1 Å². The monoisotopic (exact) mass is 375 g/mol. The molecular weight excluding hydrogens is 350 g/mol. The second-order valence-corrected chi connectivity index (χ2v) is 8.23. The van der Waals surface area contributed by atoms with Gasteiger partial charge >= 0.3 is 6.03 Å². The van der Waals surface area contributed by atoms with Crippen molar-refractivity contribution in [1.82, 2.24) is 10.0 Å². The van der Waals surface area contributed by atoms with Crippen LogP contribution < -0.4 is 15.4 Å². The zero-order chi connectivity index (χ0) is 19.5. The zero-order valence-corrected chi connectivity index (χ0v) is 16.5. The van der Waals surface area contributed by atoms with Crippen molar-refractivity contribution in [3.8, 4) is 0 Å². The van der Waals surface area contributed by atoms with Gasteiger partial charge in [-0.3, -0.25) is 0 Å². The third kappa shape index (κ3) is 4.62. The van der Waals surface area contributed by atoms with E-state index in [0.29, 0.717) is 17.8 Å². The van der Waals surface area contributed by atoms with E-state index in [1.807, 2.05) is 20.8 Å². The molecule has 0 aromatic heterocycles. The number of urea groups is 1. The number of carbonyl (C=O) groups is 1. The quantitative estimate of drug-likeness (QED) is 0.750. The van der Waals surface area contributed by atoms with E-state index in [2.05, 4.69) is 27.5 Å². The Morgan fingerprint density at radius 2 is 1.58 bits per heavy atom. The summed E-state index contributed by atoms with van der Waals surface area (Å²) in [6.45, 7) is 8.18. The highest BCUT2D eigenvalue weighted by Gasteiger charge is 2.16. The highest BCUT2D eigenvalue weighted by Crippen LogP contribution is 2.20. The number of rotatable bonds is 5. The Balaban J connectivity index is 2.11. The van der Waals surface area contributed by atoms with E-state index in [9.17, 15) is 13.2 Å². The van der Waals surface area contributed by atoms with Crippen LogP contribution in [0.2, 0.25) is 0 Å². The molecule has 0 bridgehead atoms. The van der Waals surface area contributed by atoms with Crippen LogP contribution in [-0.4, -0.2) is 21.5 Å².